The summed E-state index contributed by atoms with van der Waals surface area (Å²) in [6, 6.07) is 2.59. The van der Waals surface area contributed by atoms with Crippen LogP contribution in [0.5, 0.6) is 0 Å². The number of carbonyl (C=O) groups excluding carboxylic acids is 1. The molecule has 1 aromatic carbocycles. The number of rotatable bonds is 5. The summed E-state index contributed by atoms with van der Waals surface area (Å²) in [5.41, 5.74) is 0.0722. The van der Waals surface area contributed by atoms with Gasteiger partial charge in [0.05, 0.1) is 4.47 Å². The van der Waals surface area contributed by atoms with Gasteiger partial charge in [0.1, 0.15) is 17.4 Å². The van der Waals surface area contributed by atoms with Gasteiger partial charge in [0.2, 0.25) is 0 Å². The topological polar surface area (TPSA) is 17.1 Å². The second kappa shape index (κ2) is 5.25. The lowest BCUT2D eigenvalue weighted by atomic mass is 10.0. The molecule has 1 saturated carbocycles. The molecule has 17 heavy (non-hydrogen) atoms. The number of hydrogen-bond donors (Lipinski definition) is 0. The average molecular weight is 303 g/mol. The highest BCUT2D eigenvalue weighted by Gasteiger charge is 2.28. The fraction of sp³-hybridized carbons (Fsp3) is 0.462. The molecule has 0 bridgehead atoms. The molecule has 0 spiro atoms. The van der Waals surface area contributed by atoms with Crippen molar-refractivity contribution in [2.24, 2.45) is 5.92 Å². The second-order valence-corrected chi connectivity index (χ2v) is 5.27. The fourth-order valence-electron chi connectivity index (χ4n) is 1.85. The quantitative estimate of drug-likeness (QED) is 0.751. The number of carbonyl (C=O) groups is 1. The van der Waals surface area contributed by atoms with Crippen LogP contribution in [0.2, 0.25) is 0 Å². The molecule has 0 atom stereocenters. The van der Waals surface area contributed by atoms with E-state index in [0.717, 1.165) is 12.8 Å². The summed E-state index contributed by atoms with van der Waals surface area (Å²) in [5.74, 6) is -0.624. The molecule has 2 rings (SSSR count). The molecule has 1 aliphatic carbocycles. The van der Waals surface area contributed by atoms with Gasteiger partial charge in [0, 0.05) is 17.9 Å². The molecule has 4 heteroatoms. The van der Waals surface area contributed by atoms with Gasteiger partial charge in [-0.1, -0.05) is 0 Å². The Balaban J connectivity index is 1.93. The molecule has 0 amide bonds. The summed E-state index contributed by atoms with van der Waals surface area (Å²) in [6.45, 7) is 0. The van der Waals surface area contributed by atoms with Crippen LogP contribution in [0.15, 0.2) is 16.6 Å². The minimum Gasteiger partial charge on any atom is -0.299 e. The highest BCUT2D eigenvalue weighted by Crippen LogP contribution is 2.31. The lowest BCUT2D eigenvalue weighted by Gasteiger charge is -2.06. The number of hydrogen-bond acceptors (Lipinski definition) is 1. The van der Waals surface area contributed by atoms with Gasteiger partial charge in [-0.05, 0) is 53.7 Å². The zero-order chi connectivity index (χ0) is 12.4. The molecule has 0 aromatic heterocycles. The molecule has 1 aromatic rings. The predicted octanol–water partition coefficient (Wildman–Crippen LogP) is 4.03. The van der Waals surface area contributed by atoms with Crippen molar-refractivity contribution in [3.05, 3.63) is 33.8 Å². The third-order valence-corrected chi connectivity index (χ3v) is 3.63. The molecule has 1 fully saturated rings. The van der Waals surface area contributed by atoms with E-state index < -0.39 is 11.6 Å². The van der Waals surface area contributed by atoms with Crippen LogP contribution < -0.4 is 0 Å². The molecule has 1 nitrogen and oxygen atoms in total. The Hall–Kier alpha value is -0.770. The van der Waals surface area contributed by atoms with Gasteiger partial charge in [-0.15, -0.1) is 0 Å². The number of halogens is 3. The third-order valence-electron chi connectivity index (χ3n) is 3.02. The monoisotopic (exact) mass is 302 g/mol. The number of ketones is 1. The first-order valence-electron chi connectivity index (χ1n) is 5.74. The van der Waals surface area contributed by atoms with E-state index in [-0.39, 0.29) is 28.2 Å². The zero-order valence-electron chi connectivity index (χ0n) is 9.31. The lowest BCUT2D eigenvalue weighted by molar-refractivity contribution is -0.120. The van der Waals surface area contributed by atoms with Crippen molar-refractivity contribution in [2.75, 3.05) is 0 Å². The summed E-state index contributed by atoms with van der Waals surface area (Å²) >= 11 is 3.03. The first-order valence-corrected chi connectivity index (χ1v) is 6.54. The van der Waals surface area contributed by atoms with Gasteiger partial charge < -0.3 is 0 Å². The highest BCUT2D eigenvalue weighted by molar-refractivity contribution is 9.10. The summed E-state index contributed by atoms with van der Waals surface area (Å²) in [4.78, 5) is 11.4. The summed E-state index contributed by atoms with van der Waals surface area (Å²) < 4.78 is 27.2. The predicted molar refractivity (Wildman–Crippen MR) is 64.7 cm³/mol. The first kappa shape index (κ1) is 12.7. The Morgan fingerprint density at radius 3 is 2.71 bits per heavy atom. The fourth-order valence-corrected chi connectivity index (χ4v) is 2.22. The maximum absolute atomic E-state index is 13.6. The summed E-state index contributed by atoms with van der Waals surface area (Å²) in [7, 11) is 0. The van der Waals surface area contributed by atoms with Crippen LogP contribution in [0, 0.1) is 17.6 Å². The number of benzene rings is 1. The molecule has 0 heterocycles. The minimum absolute atomic E-state index is 0.0722. The van der Waals surface area contributed by atoms with Crippen LogP contribution in [0.1, 0.15) is 31.2 Å². The van der Waals surface area contributed by atoms with Crippen molar-refractivity contribution in [1.82, 2.24) is 0 Å². The minimum atomic E-state index is -0.552. The van der Waals surface area contributed by atoms with Crippen molar-refractivity contribution in [3.8, 4) is 0 Å². The zero-order valence-corrected chi connectivity index (χ0v) is 10.9. The number of Topliss-reactive ketones (excluding diaryl/α,β-unsaturated/α-hetero) is 1. The SMILES string of the molecule is O=C(CCCc1c(F)ccc(Br)c1F)C1CC1. The summed E-state index contributed by atoms with van der Waals surface area (Å²) in [5, 5.41) is 0. The van der Waals surface area contributed by atoms with Gasteiger partial charge in [0.15, 0.2) is 0 Å². The van der Waals surface area contributed by atoms with E-state index in [0.29, 0.717) is 12.8 Å². The molecule has 0 N–H and O–H groups in total. The van der Waals surface area contributed by atoms with Crippen molar-refractivity contribution in [2.45, 2.75) is 32.1 Å². The van der Waals surface area contributed by atoms with Crippen LogP contribution in [-0.2, 0) is 11.2 Å². The molecule has 1 aliphatic rings. The molecule has 0 aliphatic heterocycles. The van der Waals surface area contributed by atoms with Crippen molar-refractivity contribution >= 4 is 21.7 Å². The van der Waals surface area contributed by atoms with E-state index in [4.69, 9.17) is 0 Å². The van der Waals surface area contributed by atoms with Gasteiger partial charge in [0.25, 0.3) is 0 Å². The Morgan fingerprint density at radius 1 is 1.35 bits per heavy atom. The summed E-state index contributed by atoms with van der Waals surface area (Å²) in [6.07, 6.45) is 3.18. The van der Waals surface area contributed by atoms with E-state index in [1.165, 1.54) is 12.1 Å². The first-order chi connectivity index (χ1) is 8.09. The Bertz CT molecular complexity index is 441. The molecule has 0 unspecified atom stereocenters. The van der Waals surface area contributed by atoms with Crippen LogP contribution in [0.3, 0.4) is 0 Å². The van der Waals surface area contributed by atoms with Crippen molar-refractivity contribution < 1.29 is 13.6 Å². The molecular formula is C13H13BrF2O. The standard InChI is InChI=1S/C13H13BrF2O/c14-10-6-7-11(15)9(13(10)16)2-1-3-12(17)8-4-5-8/h6-8H,1-5H2. The van der Waals surface area contributed by atoms with Crippen LogP contribution in [0.25, 0.3) is 0 Å². The van der Waals surface area contributed by atoms with Gasteiger partial charge >= 0.3 is 0 Å². The van der Waals surface area contributed by atoms with Crippen molar-refractivity contribution in [3.63, 3.8) is 0 Å². The largest absolute Gasteiger partial charge is 0.299 e. The Labute approximate surface area is 107 Å². The Kier molecular flexibility index (Phi) is 3.92. The van der Waals surface area contributed by atoms with Gasteiger partial charge in [-0.25, -0.2) is 8.78 Å². The van der Waals surface area contributed by atoms with Crippen LogP contribution in [0.4, 0.5) is 8.78 Å². The van der Waals surface area contributed by atoms with E-state index in [1.54, 1.807) is 0 Å². The Morgan fingerprint density at radius 2 is 2.06 bits per heavy atom. The maximum Gasteiger partial charge on any atom is 0.143 e. The van der Waals surface area contributed by atoms with E-state index in [1.807, 2.05) is 0 Å². The molecule has 0 radical (unpaired) electrons. The normalized spacial score (nSPS) is 15.0. The smallest absolute Gasteiger partial charge is 0.143 e. The van der Waals surface area contributed by atoms with Crippen LogP contribution in [-0.4, -0.2) is 5.78 Å². The molecule has 92 valence electrons. The molecule has 0 saturated heterocycles. The van der Waals surface area contributed by atoms with E-state index in [9.17, 15) is 13.6 Å². The molecular weight excluding hydrogens is 290 g/mol. The van der Waals surface area contributed by atoms with Crippen molar-refractivity contribution in [1.29, 1.82) is 0 Å². The van der Waals surface area contributed by atoms with Crippen LogP contribution >= 0.6 is 15.9 Å². The maximum atomic E-state index is 13.6. The van der Waals surface area contributed by atoms with E-state index in [2.05, 4.69) is 15.9 Å². The van der Waals surface area contributed by atoms with E-state index >= 15 is 0 Å². The highest BCUT2D eigenvalue weighted by atomic mass is 79.9. The van der Waals surface area contributed by atoms with Gasteiger partial charge in [-0.2, -0.15) is 0 Å². The average Bonchev–Trinajstić information content (AvgIpc) is 3.12. The third kappa shape index (κ3) is 3.12. The lowest BCUT2D eigenvalue weighted by Crippen LogP contribution is -2.03. The second-order valence-electron chi connectivity index (χ2n) is 4.42. The van der Waals surface area contributed by atoms with Gasteiger partial charge in [-0.3, -0.25) is 4.79 Å².